The van der Waals surface area contributed by atoms with Crippen molar-refractivity contribution in [2.45, 2.75) is 32.4 Å². The molecule has 0 aromatic heterocycles. The van der Waals surface area contributed by atoms with E-state index >= 15 is 0 Å². The third-order valence-corrected chi connectivity index (χ3v) is 4.37. The molecule has 0 unspecified atom stereocenters. The molecule has 1 amide bonds. The molecule has 0 radical (unpaired) electrons. The van der Waals surface area contributed by atoms with Crippen molar-refractivity contribution in [3.63, 3.8) is 0 Å². The Morgan fingerprint density at radius 2 is 1.88 bits per heavy atom. The number of hydrogen-bond acceptors (Lipinski definition) is 3. The van der Waals surface area contributed by atoms with Crippen LogP contribution in [0.15, 0.2) is 54.6 Å². The Morgan fingerprint density at radius 3 is 2.62 bits per heavy atom. The lowest BCUT2D eigenvalue weighted by Gasteiger charge is -2.25. The molecule has 26 heavy (non-hydrogen) atoms. The molecule has 2 atom stereocenters. The summed E-state index contributed by atoms with van der Waals surface area (Å²) in [5.74, 6) is -1.20. The first-order valence-electron chi connectivity index (χ1n) is 8.51. The van der Waals surface area contributed by atoms with Crippen molar-refractivity contribution in [2.75, 3.05) is 4.90 Å². The first kappa shape index (κ1) is 17.9. The molecule has 1 aliphatic rings. The van der Waals surface area contributed by atoms with E-state index in [2.05, 4.69) is 0 Å². The number of carbonyl (C=O) groups excluding carboxylic acids is 2. The minimum atomic E-state index is -0.894. The normalized spacial score (nSPS) is 17.2. The molecule has 3 rings (SSSR count). The van der Waals surface area contributed by atoms with Crippen LogP contribution < -0.4 is 4.90 Å². The average Bonchev–Trinajstić information content (AvgIpc) is 2.96. The van der Waals surface area contributed by atoms with Crippen LogP contribution in [0.1, 0.15) is 25.0 Å². The van der Waals surface area contributed by atoms with Crippen LogP contribution in [0.3, 0.4) is 0 Å². The van der Waals surface area contributed by atoms with Gasteiger partial charge in [0.15, 0.2) is 6.10 Å². The number of anilines is 1. The lowest BCUT2D eigenvalue weighted by Crippen LogP contribution is -2.43. The summed E-state index contributed by atoms with van der Waals surface area (Å²) in [6.07, 6.45) is 2.65. The highest BCUT2D eigenvalue weighted by molar-refractivity contribution is 6.00. The SMILES string of the molecule is C[C@H](OC(=O)/C=C/c1ccc(F)cc1)C(=O)N1c2ccccc2C[C@@H]1C. The number of ether oxygens (including phenoxy) is 1. The second-order valence-electron chi connectivity index (χ2n) is 6.35. The van der Waals surface area contributed by atoms with Crippen molar-refractivity contribution in [1.82, 2.24) is 0 Å². The molecule has 0 N–H and O–H groups in total. The molecule has 0 saturated carbocycles. The number of nitrogens with zero attached hydrogens (tertiary/aromatic N) is 1. The summed E-state index contributed by atoms with van der Waals surface area (Å²) < 4.78 is 18.1. The van der Waals surface area contributed by atoms with Crippen molar-refractivity contribution in [1.29, 1.82) is 0 Å². The summed E-state index contributed by atoms with van der Waals surface area (Å²) in [6, 6.07) is 13.5. The lowest BCUT2D eigenvalue weighted by atomic mass is 10.1. The van der Waals surface area contributed by atoms with Gasteiger partial charge in [-0.05, 0) is 55.7 Å². The number of hydrogen-bond donors (Lipinski definition) is 0. The highest BCUT2D eigenvalue weighted by Crippen LogP contribution is 2.32. The smallest absolute Gasteiger partial charge is 0.331 e. The molecule has 0 spiro atoms. The van der Waals surface area contributed by atoms with Crippen LogP contribution in [0.5, 0.6) is 0 Å². The molecule has 0 bridgehead atoms. The largest absolute Gasteiger partial charge is 0.449 e. The average molecular weight is 353 g/mol. The molecular formula is C21H20FNO3. The summed E-state index contributed by atoms with van der Waals surface area (Å²) in [7, 11) is 0. The number of carbonyl (C=O) groups is 2. The van der Waals surface area contributed by atoms with Gasteiger partial charge in [-0.25, -0.2) is 9.18 Å². The first-order valence-corrected chi connectivity index (χ1v) is 8.51. The van der Waals surface area contributed by atoms with Gasteiger partial charge in [0, 0.05) is 17.8 Å². The number of benzene rings is 2. The number of amides is 1. The maximum atomic E-state index is 12.9. The van der Waals surface area contributed by atoms with E-state index in [1.807, 2.05) is 31.2 Å². The van der Waals surface area contributed by atoms with Crippen LogP contribution in [0.4, 0.5) is 10.1 Å². The minimum Gasteiger partial charge on any atom is -0.449 e. The van der Waals surface area contributed by atoms with E-state index in [-0.39, 0.29) is 17.8 Å². The fourth-order valence-corrected chi connectivity index (χ4v) is 3.10. The van der Waals surface area contributed by atoms with Gasteiger partial charge in [0.1, 0.15) is 5.82 Å². The van der Waals surface area contributed by atoms with Crippen molar-refractivity contribution in [2.24, 2.45) is 0 Å². The van der Waals surface area contributed by atoms with Gasteiger partial charge >= 0.3 is 5.97 Å². The monoisotopic (exact) mass is 353 g/mol. The van der Waals surface area contributed by atoms with Crippen molar-refractivity contribution in [3.8, 4) is 0 Å². The number of halogens is 1. The minimum absolute atomic E-state index is 0.0239. The highest BCUT2D eigenvalue weighted by atomic mass is 19.1. The third kappa shape index (κ3) is 3.82. The predicted molar refractivity (Wildman–Crippen MR) is 98.1 cm³/mol. The Morgan fingerprint density at radius 1 is 1.19 bits per heavy atom. The molecule has 1 aliphatic heterocycles. The van der Waals surface area contributed by atoms with E-state index in [1.165, 1.54) is 24.3 Å². The topological polar surface area (TPSA) is 46.6 Å². The Bertz CT molecular complexity index is 845. The van der Waals surface area contributed by atoms with E-state index < -0.39 is 12.1 Å². The van der Waals surface area contributed by atoms with Crippen LogP contribution in [0, 0.1) is 5.82 Å². The Kier molecular flexibility index (Phi) is 5.16. The number of para-hydroxylation sites is 1. The van der Waals surface area contributed by atoms with Gasteiger partial charge in [-0.3, -0.25) is 4.79 Å². The zero-order valence-electron chi connectivity index (χ0n) is 14.7. The van der Waals surface area contributed by atoms with Crippen LogP contribution in [-0.4, -0.2) is 24.0 Å². The maximum absolute atomic E-state index is 12.9. The van der Waals surface area contributed by atoms with Crippen molar-refractivity contribution >= 4 is 23.6 Å². The van der Waals surface area contributed by atoms with Crippen molar-refractivity contribution < 1.29 is 18.7 Å². The summed E-state index contributed by atoms with van der Waals surface area (Å²) in [6.45, 7) is 3.54. The number of rotatable bonds is 4. The van der Waals surface area contributed by atoms with Gasteiger partial charge in [-0.1, -0.05) is 30.3 Å². The fraction of sp³-hybridized carbons (Fsp3) is 0.238. The molecular weight excluding hydrogens is 333 g/mol. The first-order chi connectivity index (χ1) is 12.5. The van der Waals surface area contributed by atoms with E-state index in [1.54, 1.807) is 24.0 Å². The maximum Gasteiger partial charge on any atom is 0.331 e. The quantitative estimate of drug-likeness (QED) is 0.621. The summed E-state index contributed by atoms with van der Waals surface area (Å²) >= 11 is 0. The molecule has 0 fully saturated rings. The van der Waals surface area contributed by atoms with Gasteiger partial charge in [-0.15, -0.1) is 0 Å². The van der Waals surface area contributed by atoms with Gasteiger partial charge in [-0.2, -0.15) is 0 Å². The Balaban J connectivity index is 1.64. The highest BCUT2D eigenvalue weighted by Gasteiger charge is 2.34. The summed E-state index contributed by atoms with van der Waals surface area (Å²) in [5, 5.41) is 0. The molecule has 2 aromatic carbocycles. The molecule has 0 aliphatic carbocycles. The Hall–Kier alpha value is -2.95. The van der Waals surface area contributed by atoms with E-state index in [0.29, 0.717) is 5.56 Å². The molecule has 4 nitrogen and oxygen atoms in total. The molecule has 2 aromatic rings. The third-order valence-electron chi connectivity index (χ3n) is 4.37. The van der Waals surface area contributed by atoms with Crippen molar-refractivity contribution in [3.05, 3.63) is 71.6 Å². The number of esters is 1. The van der Waals surface area contributed by atoms with Gasteiger partial charge in [0.05, 0.1) is 0 Å². The molecule has 134 valence electrons. The predicted octanol–water partition coefficient (Wildman–Crippen LogP) is 3.75. The lowest BCUT2D eigenvalue weighted by molar-refractivity contribution is -0.149. The van der Waals surface area contributed by atoms with Crippen LogP contribution >= 0.6 is 0 Å². The van der Waals surface area contributed by atoms with Crippen LogP contribution in [-0.2, 0) is 20.7 Å². The van der Waals surface area contributed by atoms with Gasteiger partial charge < -0.3 is 9.64 Å². The summed E-state index contributed by atoms with van der Waals surface area (Å²) in [5.41, 5.74) is 2.65. The molecule has 0 saturated heterocycles. The van der Waals surface area contributed by atoms with Crippen LogP contribution in [0.2, 0.25) is 0 Å². The summed E-state index contributed by atoms with van der Waals surface area (Å²) in [4.78, 5) is 26.4. The fourth-order valence-electron chi connectivity index (χ4n) is 3.10. The zero-order valence-corrected chi connectivity index (χ0v) is 14.7. The second-order valence-corrected chi connectivity index (χ2v) is 6.35. The van der Waals surface area contributed by atoms with E-state index in [4.69, 9.17) is 4.74 Å². The zero-order chi connectivity index (χ0) is 18.7. The standard InChI is InChI=1S/C21H20FNO3/c1-14-13-17-5-3-4-6-19(17)23(14)21(25)15(2)26-20(24)12-9-16-7-10-18(22)11-8-16/h3-12,14-15H,13H2,1-2H3/b12-9+/t14-,15-/m0/s1. The van der Waals surface area contributed by atoms with Gasteiger partial charge in [0.25, 0.3) is 5.91 Å². The molecule has 5 heteroatoms. The van der Waals surface area contributed by atoms with E-state index in [0.717, 1.165) is 17.7 Å². The second kappa shape index (κ2) is 7.52. The number of fused-ring (bicyclic) bond motifs is 1. The van der Waals surface area contributed by atoms with Gasteiger partial charge in [0.2, 0.25) is 0 Å². The molecule has 1 heterocycles. The Labute approximate surface area is 151 Å². The van der Waals surface area contributed by atoms with E-state index in [9.17, 15) is 14.0 Å². The van der Waals surface area contributed by atoms with Crippen LogP contribution in [0.25, 0.3) is 6.08 Å².